The van der Waals surface area contributed by atoms with Gasteiger partial charge in [0.2, 0.25) is 5.91 Å². The number of carbonyl (C=O) groups excluding carboxylic acids is 1. The molecule has 0 aliphatic rings. The van der Waals surface area contributed by atoms with Crippen LogP contribution in [0.2, 0.25) is 0 Å². The molecule has 1 aromatic heterocycles. The van der Waals surface area contributed by atoms with Gasteiger partial charge in [0.1, 0.15) is 0 Å². The number of nitrogens with zero attached hydrogens (tertiary/aromatic N) is 1. The van der Waals surface area contributed by atoms with Gasteiger partial charge in [-0.2, -0.15) is 0 Å². The van der Waals surface area contributed by atoms with Crippen molar-refractivity contribution in [3.63, 3.8) is 0 Å². The van der Waals surface area contributed by atoms with Crippen LogP contribution in [0.1, 0.15) is 11.8 Å². The highest BCUT2D eigenvalue weighted by Crippen LogP contribution is 2.23. The molecule has 3 nitrogen and oxygen atoms in total. The zero-order valence-electron chi connectivity index (χ0n) is 8.92. The number of rotatable bonds is 5. The van der Waals surface area contributed by atoms with Crippen LogP contribution in [-0.2, 0) is 11.3 Å². The second kappa shape index (κ2) is 6.25. The Balaban J connectivity index is 2.39. The summed E-state index contributed by atoms with van der Waals surface area (Å²) in [4.78, 5) is 14.6. The number of carbonyl (C=O) groups is 1. The molecule has 0 atom stereocenters. The van der Waals surface area contributed by atoms with Crippen molar-refractivity contribution in [3.05, 3.63) is 20.8 Å². The minimum Gasteiger partial charge on any atom is -0.355 e. The van der Waals surface area contributed by atoms with Gasteiger partial charge in [0.15, 0.2) is 0 Å². The van der Waals surface area contributed by atoms with E-state index in [4.69, 9.17) is 0 Å². The fourth-order valence-corrected chi connectivity index (χ4v) is 2.79. The molecule has 0 aromatic carbocycles. The van der Waals surface area contributed by atoms with Gasteiger partial charge in [0.05, 0.1) is 6.54 Å². The minimum atomic E-state index is 0.0766. The van der Waals surface area contributed by atoms with Gasteiger partial charge < -0.3 is 5.32 Å². The SMILES string of the molecule is CCNC(=O)CN(C)Cc1sccc1Br. The highest BCUT2D eigenvalue weighted by Gasteiger charge is 2.08. The van der Waals surface area contributed by atoms with Gasteiger partial charge in [-0.15, -0.1) is 11.3 Å². The summed E-state index contributed by atoms with van der Waals surface area (Å²) in [5, 5.41) is 4.82. The van der Waals surface area contributed by atoms with E-state index in [1.54, 1.807) is 11.3 Å². The lowest BCUT2D eigenvalue weighted by Gasteiger charge is -2.15. The second-order valence-corrected chi connectivity index (χ2v) is 5.17. The Bertz CT molecular complexity index is 327. The summed E-state index contributed by atoms with van der Waals surface area (Å²) >= 11 is 5.17. The van der Waals surface area contributed by atoms with Crippen molar-refractivity contribution < 1.29 is 4.79 Å². The van der Waals surface area contributed by atoms with Gasteiger partial charge in [-0.1, -0.05) is 0 Å². The smallest absolute Gasteiger partial charge is 0.234 e. The van der Waals surface area contributed by atoms with E-state index in [0.29, 0.717) is 13.1 Å². The first-order valence-corrected chi connectivity index (χ1v) is 6.48. The van der Waals surface area contributed by atoms with Crippen LogP contribution in [0.25, 0.3) is 0 Å². The molecule has 0 aliphatic heterocycles. The van der Waals surface area contributed by atoms with Crippen molar-refractivity contribution in [1.29, 1.82) is 0 Å². The van der Waals surface area contributed by atoms with Crippen molar-refractivity contribution in [2.24, 2.45) is 0 Å². The van der Waals surface area contributed by atoms with Crippen LogP contribution < -0.4 is 5.32 Å². The van der Waals surface area contributed by atoms with E-state index in [-0.39, 0.29) is 5.91 Å². The van der Waals surface area contributed by atoms with Crippen LogP contribution in [-0.4, -0.2) is 30.9 Å². The van der Waals surface area contributed by atoms with Crippen molar-refractivity contribution in [2.45, 2.75) is 13.5 Å². The Hall–Kier alpha value is -0.390. The Morgan fingerprint density at radius 2 is 2.40 bits per heavy atom. The third kappa shape index (κ3) is 4.32. The number of halogens is 1. The van der Waals surface area contributed by atoms with E-state index in [0.717, 1.165) is 11.0 Å². The first kappa shape index (κ1) is 12.7. The number of hydrogen-bond donors (Lipinski definition) is 1. The standard InChI is InChI=1S/C10H15BrN2OS/c1-3-12-10(14)7-13(2)6-9-8(11)4-5-15-9/h4-5H,3,6-7H2,1-2H3,(H,12,14). The average Bonchev–Trinajstić information content (AvgIpc) is 2.52. The van der Waals surface area contributed by atoms with E-state index < -0.39 is 0 Å². The molecule has 84 valence electrons. The van der Waals surface area contributed by atoms with E-state index >= 15 is 0 Å². The molecule has 0 saturated carbocycles. The summed E-state index contributed by atoms with van der Waals surface area (Å²) in [7, 11) is 1.95. The zero-order chi connectivity index (χ0) is 11.3. The van der Waals surface area contributed by atoms with E-state index in [1.165, 1.54) is 4.88 Å². The van der Waals surface area contributed by atoms with Crippen molar-refractivity contribution in [3.8, 4) is 0 Å². The summed E-state index contributed by atoms with van der Waals surface area (Å²) in [5.41, 5.74) is 0. The molecule has 1 N–H and O–H groups in total. The Labute approximate surface area is 103 Å². The Morgan fingerprint density at radius 1 is 1.67 bits per heavy atom. The molecule has 0 bridgehead atoms. The maximum atomic E-state index is 11.3. The fourth-order valence-electron chi connectivity index (χ4n) is 1.24. The van der Waals surface area contributed by atoms with Crippen LogP contribution in [0.3, 0.4) is 0 Å². The van der Waals surface area contributed by atoms with Gasteiger partial charge in [-0.05, 0) is 41.3 Å². The summed E-state index contributed by atoms with van der Waals surface area (Å²) in [6.07, 6.45) is 0. The summed E-state index contributed by atoms with van der Waals surface area (Å²) in [5.74, 6) is 0.0766. The second-order valence-electron chi connectivity index (χ2n) is 3.32. The van der Waals surface area contributed by atoms with Gasteiger partial charge in [-0.3, -0.25) is 9.69 Å². The molecule has 0 spiro atoms. The van der Waals surface area contributed by atoms with Crippen LogP contribution in [0.4, 0.5) is 0 Å². The molecule has 0 aliphatic carbocycles. The van der Waals surface area contributed by atoms with E-state index in [1.807, 2.05) is 30.3 Å². The Kier molecular flexibility index (Phi) is 5.28. The maximum Gasteiger partial charge on any atom is 0.234 e. The predicted octanol–water partition coefficient (Wildman–Crippen LogP) is 2.08. The number of amides is 1. The molecule has 0 saturated heterocycles. The third-order valence-corrected chi connectivity index (χ3v) is 3.80. The molecule has 0 fully saturated rings. The van der Waals surface area contributed by atoms with E-state index in [9.17, 15) is 4.79 Å². The summed E-state index contributed by atoms with van der Waals surface area (Å²) in [6, 6.07) is 2.03. The normalized spacial score (nSPS) is 10.7. The molecule has 1 amide bonds. The molecular formula is C10H15BrN2OS. The number of nitrogens with one attached hydrogen (secondary N) is 1. The van der Waals surface area contributed by atoms with Crippen LogP contribution in [0, 0.1) is 0 Å². The zero-order valence-corrected chi connectivity index (χ0v) is 11.3. The predicted molar refractivity (Wildman–Crippen MR) is 67.0 cm³/mol. The molecule has 0 unspecified atom stereocenters. The minimum absolute atomic E-state index is 0.0766. The monoisotopic (exact) mass is 290 g/mol. The van der Waals surface area contributed by atoms with Crippen LogP contribution in [0.5, 0.6) is 0 Å². The van der Waals surface area contributed by atoms with Crippen LogP contribution in [0.15, 0.2) is 15.9 Å². The fraction of sp³-hybridized carbons (Fsp3) is 0.500. The molecule has 5 heteroatoms. The topological polar surface area (TPSA) is 32.3 Å². The maximum absolute atomic E-state index is 11.3. The highest BCUT2D eigenvalue weighted by atomic mass is 79.9. The summed E-state index contributed by atoms with van der Waals surface area (Å²) < 4.78 is 1.12. The molecule has 0 radical (unpaired) electrons. The first-order chi connectivity index (χ1) is 7.13. The number of likely N-dealkylation sites (N-methyl/N-ethyl adjacent to an activating group) is 2. The lowest BCUT2D eigenvalue weighted by atomic mass is 10.4. The molecule has 15 heavy (non-hydrogen) atoms. The average molecular weight is 291 g/mol. The van der Waals surface area contributed by atoms with Crippen molar-refractivity contribution >= 4 is 33.2 Å². The lowest BCUT2D eigenvalue weighted by Crippen LogP contribution is -2.34. The number of thiophene rings is 1. The highest BCUT2D eigenvalue weighted by molar-refractivity contribution is 9.10. The van der Waals surface area contributed by atoms with E-state index in [2.05, 4.69) is 21.2 Å². The molecule has 1 aromatic rings. The third-order valence-electron chi connectivity index (χ3n) is 1.89. The quantitative estimate of drug-likeness (QED) is 0.901. The largest absolute Gasteiger partial charge is 0.355 e. The van der Waals surface area contributed by atoms with Gasteiger partial charge in [0.25, 0.3) is 0 Å². The summed E-state index contributed by atoms with van der Waals surface area (Å²) in [6.45, 7) is 3.86. The van der Waals surface area contributed by atoms with Crippen molar-refractivity contribution in [2.75, 3.05) is 20.1 Å². The molecule has 1 rings (SSSR count). The number of hydrogen-bond acceptors (Lipinski definition) is 3. The van der Waals surface area contributed by atoms with Gasteiger partial charge in [0, 0.05) is 22.4 Å². The molecule has 1 heterocycles. The Morgan fingerprint density at radius 3 is 2.93 bits per heavy atom. The molecular weight excluding hydrogens is 276 g/mol. The van der Waals surface area contributed by atoms with Crippen LogP contribution >= 0.6 is 27.3 Å². The van der Waals surface area contributed by atoms with Gasteiger partial charge >= 0.3 is 0 Å². The van der Waals surface area contributed by atoms with Gasteiger partial charge in [-0.25, -0.2) is 0 Å². The first-order valence-electron chi connectivity index (χ1n) is 4.80. The van der Waals surface area contributed by atoms with Crippen molar-refractivity contribution in [1.82, 2.24) is 10.2 Å². The lowest BCUT2D eigenvalue weighted by molar-refractivity contribution is -0.121.